The Labute approximate surface area is 138 Å². The van der Waals surface area contributed by atoms with E-state index in [9.17, 15) is 4.79 Å². The standard InChI is InChI=1S/C17H17N3O2S/c21-17(12-22-15-4-2-1-3-5-15)18-8-10-20-9-6-16(19-20)14-7-11-23-13-14/h1-7,9,11,13H,8,10,12H2,(H,18,21). The van der Waals surface area contributed by atoms with Crippen molar-refractivity contribution in [3.8, 4) is 17.0 Å². The molecule has 0 spiro atoms. The van der Waals surface area contributed by atoms with E-state index < -0.39 is 0 Å². The van der Waals surface area contributed by atoms with Crippen molar-refractivity contribution in [3.63, 3.8) is 0 Å². The van der Waals surface area contributed by atoms with E-state index in [0.29, 0.717) is 18.8 Å². The van der Waals surface area contributed by atoms with Crippen molar-refractivity contribution in [1.82, 2.24) is 15.1 Å². The second-order valence-electron chi connectivity index (χ2n) is 4.93. The second kappa shape index (κ2) is 7.60. The molecule has 1 amide bonds. The van der Waals surface area contributed by atoms with E-state index in [0.717, 1.165) is 11.3 Å². The zero-order chi connectivity index (χ0) is 15.9. The summed E-state index contributed by atoms with van der Waals surface area (Å²) in [6.07, 6.45) is 1.92. The number of nitrogens with zero attached hydrogens (tertiary/aromatic N) is 2. The van der Waals surface area contributed by atoms with E-state index in [1.807, 2.05) is 58.7 Å². The van der Waals surface area contributed by atoms with Crippen LogP contribution in [0.2, 0.25) is 0 Å². The number of hydrogen-bond donors (Lipinski definition) is 1. The molecule has 23 heavy (non-hydrogen) atoms. The maximum Gasteiger partial charge on any atom is 0.258 e. The van der Waals surface area contributed by atoms with Crippen molar-refractivity contribution in [2.24, 2.45) is 0 Å². The van der Waals surface area contributed by atoms with Gasteiger partial charge in [0.15, 0.2) is 6.61 Å². The smallest absolute Gasteiger partial charge is 0.258 e. The first kappa shape index (κ1) is 15.3. The molecule has 0 unspecified atom stereocenters. The summed E-state index contributed by atoms with van der Waals surface area (Å²) in [5.74, 6) is 0.550. The number of ether oxygens (including phenoxy) is 1. The maximum absolute atomic E-state index is 11.7. The molecule has 1 aromatic carbocycles. The minimum Gasteiger partial charge on any atom is -0.484 e. The molecule has 0 saturated carbocycles. The van der Waals surface area contributed by atoms with Crippen molar-refractivity contribution >= 4 is 17.2 Å². The quantitative estimate of drug-likeness (QED) is 0.726. The number of amides is 1. The summed E-state index contributed by atoms with van der Waals surface area (Å²) in [6, 6.07) is 13.3. The molecule has 2 heterocycles. The first-order valence-electron chi connectivity index (χ1n) is 7.32. The van der Waals surface area contributed by atoms with Gasteiger partial charge < -0.3 is 10.1 Å². The van der Waals surface area contributed by atoms with Gasteiger partial charge in [0.1, 0.15) is 5.75 Å². The Morgan fingerprint density at radius 2 is 2.09 bits per heavy atom. The van der Waals surface area contributed by atoms with Crippen LogP contribution < -0.4 is 10.1 Å². The average molecular weight is 327 g/mol. The highest BCUT2D eigenvalue weighted by molar-refractivity contribution is 7.08. The predicted octanol–water partition coefficient (Wildman–Crippen LogP) is 2.81. The molecule has 2 aromatic heterocycles. The molecule has 3 aromatic rings. The number of hydrogen-bond acceptors (Lipinski definition) is 4. The molecule has 0 atom stereocenters. The van der Waals surface area contributed by atoms with Crippen molar-refractivity contribution in [1.29, 1.82) is 0 Å². The topological polar surface area (TPSA) is 56.1 Å². The van der Waals surface area contributed by atoms with Crippen molar-refractivity contribution in [3.05, 3.63) is 59.4 Å². The molecule has 0 aliphatic carbocycles. The largest absolute Gasteiger partial charge is 0.484 e. The minimum absolute atomic E-state index is 0.0171. The summed E-state index contributed by atoms with van der Waals surface area (Å²) in [6.45, 7) is 1.16. The fraction of sp³-hybridized carbons (Fsp3) is 0.176. The van der Waals surface area contributed by atoms with E-state index >= 15 is 0 Å². The van der Waals surface area contributed by atoms with Crippen molar-refractivity contribution < 1.29 is 9.53 Å². The number of para-hydroxylation sites is 1. The number of rotatable bonds is 7. The van der Waals surface area contributed by atoms with Crippen LogP contribution >= 0.6 is 11.3 Å². The van der Waals surface area contributed by atoms with Crippen molar-refractivity contribution in [2.45, 2.75) is 6.54 Å². The van der Waals surface area contributed by atoms with Crippen LogP contribution in [0.3, 0.4) is 0 Å². The fourth-order valence-corrected chi connectivity index (χ4v) is 2.73. The van der Waals surface area contributed by atoms with Gasteiger partial charge in [0.25, 0.3) is 5.91 Å². The summed E-state index contributed by atoms with van der Waals surface area (Å²) < 4.78 is 7.22. The summed E-state index contributed by atoms with van der Waals surface area (Å²) in [5.41, 5.74) is 2.07. The number of nitrogens with one attached hydrogen (secondary N) is 1. The van der Waals surface area contributed by atoms with E-state index in [1.165, 1.54) is 0 Å². The molecular weight excluding hydrogens is 310 g/mol. The van der Waals surface area contributed by atoms with Crippen LogP contribution in [0.15, 0.2) is 59.4 Å². The van der Waals surface area contributed by atoms with E-state index in [4.69, 9.17) is 4.74 Å². The molecule has 0 aliphatic rings. The van der Waals surface area contributed by atoms with E-state index in [1.54, 1.807) is 11.3 Å². The Kier molecular flexibility index (Phi) is 5.06. The fourth-order valence-electron chi connectivity index (χ4n) is 2.08. The van der Waals surface area contributed by atoms with Gasteiger partial charge in [0.05, 0.1) is 12.2 Å². The normalized spacial score (nSPS) is 10.4. The second-order valence-corrected chi connectivity index (χ2v) is 5.71. The number of carbonyl (C=O) groups excluding carboxylic acids is 1. The first-order chi connectivity index (χ1) is 11.3. The summed E-state index contributed by atoms with van der Waals surface area (Å²) in [7, 11) is 0. The lowest BCUT2D eigenvalue weighted by molar-refractivity contribution is -0.123. The lowest BCUT2D eigenvalue weighted by Crippen LogP contribution is -2.31. The zero-order valence-electron chi connectivity index (χ0n) is 12.5. The number of carbonyl (C=O) groups is 1. The molecule has 1 N–H and O–H groups in total. The molecule has 0 radical (unpaired) electrons. The highest BCUT2D eigenvalue weighted by Crippen LogP contribution is 2.19. The van der Waals surface area contributed by atoms with Crippen LogP contribution in [-0.4, -0.2) is 28.8 Å². The minimum atomic E-state index is -0.140. The van der Waals surface area contributed by atoms with Gasteiger partial charge in [-0.25, -0.2) is 0 Å². The van der Waals surface area contributed by atoms with Crippen LogP contribution in [0.1, 0.15) is 0 Å². The van der Waals surface area contributed by atoms with Gasteiger partial charge in [-0.1, -0.05) is 18.2 Å². The number of thiophene rings is 1. The summed E-state index contributed by atoms with van der Waals surface area (Å²) in [5, 5.41) is 11.4. The Balaban J connectivity index is 1.40. The van der Waals surface area contributed by atoms with Gasteiger partial charge in [0.2, 0.25) is 0 Å². The Morgan fingerprint density at radius 3 is 2.87 bits per heavy atom. The average Bonchev–Trinajstić information content (AvgIpc) is 3.25. The van der Waals surface area contributed by atoms with Crippen LogP contribution in [-0.2, 0) is 11.3 Å². The van der Waals surface area contributed by atoms with Gasteiger partial charge >= 0.3 is 0 Å². The zero-order valence-corrected chi connectivity index (χ0v) is 13.3. The van der Waals surface area contributed by atoms with Gasteiger partial charge in [-0.15, -0.1) is 0 Å². The molecule has 6 heteroatoms. The van der Waals surface area contributed by atoms with Crippen LogP contribution in [0.5, 0.6) is 5.75 Å². The SMILES string of the molecule is O=C(COc1ccccc1)NCCn1ccc(-c2ccsc2)n1. The van der Waals surface area contributed by atoms with Crippen LogP contribution in [0.25, 0.3) is 11.3 Å². The number of aromatic nitrogens is 2. The highest BCUT2D eigenvalue weighted by Gasteiger charge is 2.04. The molecule has 0 saturated heterocycles. The Morgan fingerprint density at radius 1 is 1.22 bits per heavy atom. The van der Waals surface area contributed by atoms with Gasteiger partial charge in [-0.05, 0) is 29.6 Å². The number of benzene rings is 1. The lowest BCUT2D eigenvalue weighted by atomic mass is 10.2. The van der Waals surface area contributed by atoms with Crippen LogP contribution in [0, 0.1) is 0 Å². The third-order valence-corrected chi connectivity index (χ3v) is 3.92. The first-order valence-corrected chi connectivity index (χ1v) is 8.26. The van der Waals surface area contributed by atoms with Gasteiger partial charge in [-0.3, -0.25) is 9.48 Å². The molecule has 3 rings (SSSR count). The maximum atomic E-state index is 11.7. The van der Waals surface area contributed by atoms with Gasteiger partial charge in [0, 0.05) is 23.7 Å². The van der Waals surface area contributed by atoms with E-state index in [-0.39, 0.29) is 12.5 Å². The summed E-state index contributed by atoms with van der Waals surface area (Å²) >= 11 is 1.65. The molecule has 0 bridgehead atoms. The third kappa shape index (κ3) is 4.43. The Hall–Kier alpha value is -2.60. The molecular formula is C17H17N3O2S. The van der Waals surface area contributed by atoms with E-state index in [2.05, 4.69) is 15.8 Å². The molecule has 0 aliphatic heterocycles. The van der Waals surface area contributed by atoms with Crippen molar-refractivity contribution in [2.75, 3.05) is 13.2 Å². The van der Waals surface area contributed by atoms with Gasteiger partial charge in [-0.2, -0.15) is 16.4 Å². The highest BCUT2D eigenvalue weighted by atomic mass is 32.1. The van der Waals surface area contributed by atoms with Crippen LogP contribution in [0.4, 0.5) is 0 Å². The monoisotopic (exact) mass is 327 g/mol. The lowest BCUT2D eigenvalue weighted by Gasteiger charge is -2.07. The predicted molar refractivity (Wildman–Crippen MR) is 90.5 cm³/mol. The third-order valence-electron chi connectivity index (χ3n) is 3.23. The molecule has 5 nitrogen and oxygen atoms in total. The molecule has 0 fully saturated rings. The summed E-state index contributed by atoms with van der Waals surface area (Å²) in [4.78, 5) is 11.7. The Bertz CT molecular complexity index is 738. The molecule has 118 valence electrons.